The first-order chi connectivity index (χ1) is 12.6. The van der Waals surface area contributed by atoms with Crippen molar-refractivity contribution in [2.24, 2.45) is 0 Å². The van der Waals surface area contributed by atoms with Gasteiger partial charge in [-0.1, -0.05) is 18.2 Å². The van der Waals surface area contributed by atoms with Gasteiger partial charge in [0, 0.05) is 36.8 Å². The number of amides is 1. The Morgan fingerprint density at radius 3 is 2.88 bits per heavy atom. The summed E-state index contributed by atoms with van der Waals surface area (Å²) in [4.78, 5) is 34.7. The molecule has 0 aliphatic carbocycles. The number of carbonyl (C=O) groups excluding carboxylic acids is 1. The van der Waals surface area contributed by atoms with Crippen molar-refractivity contribution in [2.75, 3.05) is 13.1 Å². The molecule has 7 heteroatoms. The second-order valence-electron chi connectivity index (χ2n) is 6.75. The van der Waals surface area contributed by atoms with Gasteiger partial charge < -0.3 is 9.88 Å². The standard InChI is InChI=1S/C19H21N5O2/c1-13-15-6-2-3-7-16(15)19(26)24(22-13)12-17(25)23-10-4-5-14(11-23)18-20-8-9-21-18/h2-3,6-9,14H,4-5,10-12H2,1H3,(H,20,21). The third-order valence-electron chi connectivity index (χ3n) is 5.02. The Hall–Kier alpha value is -2.96. The summed E-state index contributed by atoms with van der Waals surface area (Å²) >= 11 is 0. The van der Waals surface area contributed by atoms with Gasteiger partial charge in [-0.2, -0.15) is 5.10 Å². The highest BCUT2D eigenvalue weighted by atomic mass is 16.2. The Labute approximate surface area is 150 Å². The third-order valence-corrected chi connectivity index (χ3v) is 5.02. The minimum atomic E-state index is -0.223. The van der Waals surface area contributed by atoms with Crippen LogP contribution in [0.2, 0.25) is 0 Å². The molecular weight excluding hydrogens is 330 g/mol. The SMILES string of the molecule is Cc1nn(CC(=O)N2CCCC(c3ncc[nH]3)C2)c(=O)c2ccccc12. The van der Waals surface area contributed by atoms with E-state index >= 15 is 0 Å². The molecule has 3 aromatic rings. The molecule has 1 atom stereocenters. The fourth-order valence-electron chi connectivity index (χ4n) is 3.67. The van der Waals surface area contributed by atoms with Crippen LogP contribution in [0.25, 0.3) is 10.8 Å². The van der Waals surface area contributed by atoms with Gasteiger partial charge in [0.25, 0.3) is 5.56 Å². The van der Waals surface area contributed by atoms with Crippen molar-refractivity contribution in [2.45, 2.75) is 32.2 Å². The zero-order valence-corrected chi connectivity index (χ0v) is 14.7. The van der Waals surface area contributed by atoms with Gasteiger partial charge in [-0.05, 0) is 25.8 Å². The molecule has 1 aliphatic rings. The van der Waals surface area contributed by atoms with E-state index in [-0.39, 0.29) is 23.9 Å². The maximum Gasteiger partial charge on any atom is 0.275 e. The summed E-state index contributed by atoms with van der Waals surface area (Å²) < 4.78 is 1.29. The van der Waals surface area contributed by atoms with Gasteiger partial charge in [-0.15, -0.1) is 0 Å². The van der Waals surface area contributed by atoms with Crippen LogP contribution in [0.1, 0.15) is 30.3 Å². The zero-order chi connectivity index (χ0) is 18.1. The third kappa shape index (κ3) is 3.00. The molecule has 1 aromatic carbocycles. The average Bonchev–Trinajstić information content (AvgIpc) is 3.21. The fourth-order valence-corrected chi connectivity index (χ4v) is 3.67. The number of benzene rings is 1. The number of hydrogen-bond donors (Lipinski definition) is 1. The number of aromatic nitrogens is 4. The van der Waals surface area contributed by atoms with Crippen LogP contribution in [0.4, 0.5) is 0 Å². The molecule has 4 rings (SSSR count). The number of imidazole rings is 1. The number of aryl methyl sites for hydroxylation is 1. The minimum absolute atomic E-state index is 0.0324. The lowest BCUT2D eigenvalue weighted by atomic mass is 9.97. The maximum absolute atomic E-state index is 12.8. The van der Waals surface area contributed by atoms with E-state index in [0.29, 0.717) is 18.5 Å². The Morgan fingerprint density at radius 2 is 2.12 bits per heavy atom. The van der Waals surface area contributed by atoms with Crippen molar-refractivity contribution < 1.29 is 4.79 Å². The van der Waals surface area contributed by atoms with E-state index in [1.165, 1.54) is 4.68 Å². The van der Waals surface area contributed by atoms with Crippen molar-refractivity contribution in [3.63, 3.8) is 0 Å². The predicted molar refractivity (Wildman–Crippen MR) is 97.9 cm³/mol. The van der Waals surface area contributed by atoms with Gasteiger partial charge in [-0.3, -0.25) is 9.59 Å². The number of hydrogen-bond acceptors (Lipinski definition) is 4. The number of nitrogens with one attached hydrogen (secondary N) is 1. The average molecular weight is 351 g/mol. The molecule has 0 radical (unpaired) electrons. The van der Waals surface area contributed by atoms with Crippen LogP contribution in [0, 0.1) is 6.92 Å². The van der Waals surface area contributed by atoms with E-state index in [1.54, 1.807) is 18.5 Å². The topological polar surface area (TPSA) is 83.9 Å². The molecule has 1 unspecified atom stereocenters. The molecule has 1 amide bonds. The highest BCUT2D eigenvalue weighted by Gasteiger charge is 2.26. The highest BCUT2D eigenvalue weighted by Crippen LogP contribution is 2.24. The van der Waals surface area contributed by atoms with Crippen LogP contribution in [0.15, 0.2) is 41.5 Å². The molecule has 1 aliphatic heterocycles. The normalized spacial score (nSPS) is 17.6. The van der Waals surface area contributed by atoms with E-state index in [0.717, 1.165) is 29.7 Å². The monoisotopic (exact) mass is 351 g/mol. The lowest BCUT2D eigenvalue weighted by Gasteiger charge is -2.32. The van der Waals surface area contributed by atoms with Crippen molar-refractivity contribution >= 4 is 16.7 Å². The summed E-state index contributed by atoms with van der Waals surface area (Å²) in [5, 5.41) is 5.77. The first kappa shape index (κ1) is 16.5. The van der Waals surface area contributed by atoms with Crippen LogP contribution in [-0.4, -0.2) is 43.6 Å². The van der Waals surface area contributed by atoms with Crippen molar-refractivity contribution in [1.82, 2.24) is 24.6 Å². The first-order valence-electron chi connectivity index (χ1n) is 8.87. The smallest absolute Gasteiger partial charge is 0.275 e. The summed E-state index contributed by atoms with van der Waals surface area (Å²) in [6, 6.07) is 7.37. The van der Waals surface area contributed by atoms with Crippen LogP contribution in [0.5, 0.6) is 0 Å². The number of likely N-dealkylation sites (tertiary alicyclic amines) is 1. The molecule has 1 saturated heterocycles. The summed E-state index contributed by atoms with van der Waals surface area (Å²) in [6.45, 7) is 3.15. The molecule has 7 nitrogen and oxygen atoms in total. The number of piperidine rings is 1. The van der Waals surface area contributed by atoms with Crippen LogP contribution >= 0.6 is 0 Å². The van der Waals surface area contributed by atoms with Crippen molar-refractivity contribution in [1.29, 1.82) is 0 Å². The quantitative estimate of drug-likeness (QED) is 0.780. The summed E-state index contributed by atoms with van der Waals surface area (Å²) in [5.41, 5.74) is 0.527. The second kappa shape index (κ2) is 6.74. The number of aromatic amines is 1. The van der Waals surface area contributed by atoms with Gasteiger partial charge in [0.1, 0.15) is 12.4 Å². The van der Waals surface area contributed by atoms with E-state index in [4.69, 9.17) is 0 Å². The van der Waals surface area contributed by atoms with Crippen molar-refractivity contribution in [3.8, 4) is 0 Å². The lowest BCUT2D eigenvalue weighted by molar-refractivity contribution is -0.133. The lowest BCUT2D eigenvalue weighted by Crippen LogP contribution is -2.42. The Bertz CT molecular complexity index is 993. The number of carbonyl (C=O) groups is 1. The van der Waals surface area contributed by atoms with Crippen LogP contribution < -0.4 is 5.56 Å². The number of fused-ring (bicyclic) bond motifs is 1. The van der Waals surface area contributed by atoms with E-state index in [1.807, 2.05) is 30.0 Å². The molecule has 134 valence electrons. The molecule has 0 spiro atoms. The molecule has 2 aromatic heterocycles. The fraction of sp³-hybridized carbons (Fsp3) is 0.368. The molecule has 0 saturated carbocycles. The number of H-pyrrole nitrogens is 1. The highest BCUT2D eigenvalue weighted by molar-refractivity contribution is 5.83. The molecule has 1 N–H and O–H groups in total. The van der Waals surface area contributed by atoms with Gasteiger partial charge >= 0.3 is 0 Å². The molecule has 0 bridgehead atoms. The Balaban J connectivity index is 1.56. The van der Waals surface area contributed by atoms with Crippen molar-refractivity contribution in [3.05, 3.63) is 58.5 Å². The van der Waals surface area contributed by atoms with Crippen LogP contribution in [0.3, 0.4) is 0 Å². The largest absolute Gasteiger partial charge is 0.348 e. The Morgan fingerprint density at radius 1 is 1.31 bits per heavy atom. The molecule has 3 heterocycles. The van der Waals surface area contributed by atoms with Gasteiger partial charge in [0.2, 0.25) is 5.91 Å². The second-order valence-corrected chi connectivity index (χ2v) is 6.75. The number of nitrogens with zero attached hydrogens (tertiary/aromatic N) is 4. The summed E-state index contributed by atoms with van der Waals surface area (Å²) in [7, 11) is 0. The van der Waals surface area contributed by atoms with E-state index in [9.17, 15) is 9.59 Å². The van der Waals surface area contributed by atoms with Gasteiger partial charge in [0.05, 0.1) is 11.1 Å². The summed E-state index contributed by atoms with van der Waals surface area (Å²) in [5.74, 6) is 1.05. The Kier molecular flexibility index (Phi) is 4.28. The minimum Gasteiger partial charge on any atom is -0.348 e. The predicted octanol–water partition coefficient (Wildman–Crippen LogP) is 1.83. The van der Waals surface area contributed by atoms with E-state index < -0.39 is 0 Å². The van der Waals surface area contributed by atoms with Gasteiger partial charge in [-0.25, -0.2) is 9.67 Å². The summed E-state index contributed by atoms with van der Waals surface area (Å²) in [6.07, 6.45) is 5.47. The molecule has 1 fully saturated rings. The number of rotatable bonds is 3. The van der Waals surface area contributed by atoms with Crippen LogP contribution in [-0.2, 0) is 11.3 Å². The zero-order valence-electron chi connectivity index (χ0n) is 14.7. The molecule has 26 heavy (non-hydrogen) atoms. The first-order valence-corrected chi connectivity index (χ1v) is 8.87. The molecular formula is C19H21N5O2. The maximum atomic E-state index is 12.8. The van der Waals surface area contributed by atoms with Gasteiger partial charge in [0.15, 0.2) is 0 Å². The van der Waals surface area contributed by atoms with E-state index in [2.05, 4.69) is 15.1 Å².